The van der Waals surface area contributed by atoms with Crippen LogP contribution in [0.4, 0.5) is 0 Å². The Bertz CT molecular complexity index is 419. The number of aromatic nitrogens is 1. The molecule has 0 spiro atoms. The molecule has 0 aliphatic heterocycles. The zero-order chi connectivity index (χ0) is 13.7. The average Bonchev–Trinajstić information content (AvgIpc) is 3.06. The van der Waals surface area contributed by atoms with Crippen molar-refractivity contribution in [3.05, 3.63) is 16.1 Å². The molecule has 0 radical (unpaired) electrons. The van der Waals surface area contributed by atoms with E-state index in [-0.39, 0.29) is 12.5 Å². The molecule has 1 aromatic rings. The third-order valence-electron chi connectivity index (χ3n) is 3.47. The SMILES string of the molecule is O=C(Cc1nc(CCl)cs1)N(CCO)C1CCCC1. The van der Waals surface area contributed by atoms with Crippen molar-refractivity contribution < 1.29 is 9.90 Å². The Hall–Kier alpha value is -0.650. The molecule has 1 amide bonds. The van der Waals surface area contributed by atoms with E-state index in [2.05, 4.69) is 4.98 Å². The molecule has 0 atom stereocenters. The molecule has 2 rings (SSSR count). The zero-order valence-electron chi connectivity index (χ0n) is 10.8. The van der Waals surface area contributed by atoms with E-state index in [0.717, 1.165) is 23.5 Å². The number of halogens is 1. The van der Waals surface area contributed by atoms with Gasteiger partial charge in [-0.3, -0.25) is 4.79 Å². The Balaban J connectivity index is 1.98. The molecule has 1 heterocycles. The van der Waals surface area contributed by atoms with Crippen LogP contribution in [0.3, 0.4) is 0 Å². The van der Waals surface area contributed by atoms with E-state index in [4.69, 9.17) is 16.7 Å². The van der Waals surface area contributed by atoms with Crippen molar-refractivity contribution in [2.45, 2.75) is 44.0 Å². The van der Waals surface area contributed by atoms with Gasteiger partial charge in [0.15, 0.2) is 0 Å². The van der Waals surface area contributed by atoms with Crippen LogP contribution in [-0.2, 0) is 17.1 Å². The number of thiazole rings is 1. The van der Waals surface area contributed by atoms with Gasteiger partial charge < -0.3 is 10.0 Å². The number of rotatable bonds is 6. The number of alkyl halides is 1. The van der Waals surface area contributed by atoms with E-state index in [1.165, 1.54) is 24.2 Å². The number of carbonyl (C=O) groups is 1. The largest absolute Gasteiger partial charge is 0.395 e. The second-order valence-corrected chi connectivity index (χ2v) is 6.00. The minimum absolute atomic E-state index is 0.0209. The third kappa shape index (κ3) is 3.91. The second-order valence-electron chi connectivity index (χ2n) is 4.79. The van der Waals surface area contributed by atoms with Crippen molar-refractivity contribution in [1.82, 2.24) is 9.88 Å². The number of aliphatic hydroxyl groups excluding tert-OH is 1. The molecule has 0 aromatic carbocycles. The van der Waals surface area contributed by atoms with Crippen LogP contribution in [0.15, 0.2) is 5.38 Å². The Kier molecular flexibility index (Phi) is 5.60. The molecule has 106 valence electrons. The highest BCUT2D eigenvalue weighted by Gasteiger charge is 2.26. The van der Waals surface area contributed by atoms with Crippen molar-refractivity contribution in [3.63, 3.8) is 0 Å². The van der Waals surface area contributed by atoms with Crippen LogP contribution in [0.1, 0.15) is 36.4 Å². The first kappa shape index (κ1) is 14.8. The fourth-order valence-electron chi connectivity index (χ4n) is 2.56. The van der Waals surface area contributed by atoms with Crippen molar-refractivity contribution in [3.8, 4) is 0 Å². The van der Waals surface area contributed by atoms with Crippen LogP contribution >= 0.6 is 22.9 Å². The Morgan fingerprint density at radius 1 is 1.53 bits per heavy atom. The monoisotopic (exact) mass is 302 g/mol. The van der Waals surface area contributed by atoms with Gasteiger partial charge in [0.2, 0.25) is 5.91 Å². The summed E-state index contributed by atoms with van der Waals surface area (Å²) in [5.41, 5.74) is 0.823. The maximum Gasteiger partial charge on any atom is 0.229 e. The first-order chi connectivity index (χ1) is 9.24. The molecule has 0 unspecified atom stereocenters. The standard InChI is InChI=1S/C13H19ClN2O2S/c14-8-10-9-19-12(15-10)7-13(18)16(5-6-17)11-3-1-2-4-11/h9,11,17H,1-8H2. The van der Waals surface area contributed by atoms with Crippen LogP contribution in [0.5, 0.6) is 0 Å². The van der Waals surface area contributed by atoms with E-state index in [1.54, 1.807) is 0 Å². The van der Waals surface area contributed by atoms with E-state index < -0.39 is 0 Å². The quantitative estimate of drug-likeness (QED) is 0.820. The minimum Gasteiger partial charge on any atom is -0.395 e. The van der Waals surface area contributed by atoms with E-state index >= 15 is 0 Å². The van der Waals surface area contributed by atoms with Gasteiger partial charge in [0, 0.05) is 18.0 Å². The topological polar surface area (TPSA) is 53.4 Å². The van der Waals surface area contributed by atoms with Gasteiger partial charge in [-0.05, 0) is 12.8 Å². The number of hydrogen-bond donors (Lipinski definition) is 1. The van der Waals surface area contributed by atoms with E-state index in [9.17, 15) is 4.79 Å². The van der Waals surface area contributed by atoms with Gasteiger partial charge in [-0.2, -0.15) is 0 Å². The van der Waals surface area contributed by atoms with E-state index in [0.29, 0.717) is 24.9 Å². The van der Waals surface area contributed by atoms with Crippen molar-refractivity contribution >= 4 is 28.8 Å². The van der Waals surface area contributed by atoms with Gasteiger partial charge in [0.1, 0.15) is 5.01 Å². The molecule has 4 nitrogen and oxygen atoms in total. The molecule has 1 aliphatic rings. The summed E-state index contributed by atoms with van der Waals surface area (Å²) in [5, 5.41) is 11.8. The lowest BCUT2D eigenvalue weighted by atomic mass is 10.2. The summed E-state index contributed by atoms with van der Waals surface area (Å²) in [4.78, 5) is 18.5. The van der Waals surface area contributed by atoms with E-state index in [1.807, 2.05) is 10.3 Å². The third-order valence-corrected chi connectivity index (χ3v) is 4.64. The maximum atomic E-state index is 12.3. The summed E-state index contributed by atoms with van der Waals surface area (Å²) in [6.45, 7) is 0.449. The summed E-state index contributed by atoms with van der Waals surface area (Å²) in [6.07, 6.45) is 4.77. The highest BCUT2D eigenvalue weighted by molar-refractivity contribution is 7.09. The number of amides is 1. The Morgan fingerprint density at radius 2 is 2.26 bits per heavy atom. The lowest BCUT2D eigenvalue weighted by Gasteiger charge is -2.28. The predicted octanol–water partition coefficient (Wildman–Crippen LogP) is 2.19. The summed E-state index contributed by atoms with van der Waals surface area (Å²) in [7, 11) is 0. The molecule has 1 aromatic heterocycles. The zero-order valence-corrected chi connectivity index (χ0v) is 12.4. The molecule has 1 saturated carbocycles. The van der Waals surface area contributed by atoms with Gasteiger partial charge in [0.05, 0.1) is 24.6 Å². The fourth-order valence-corrected chi connectivity index (χ4v) is 3.57. The average molecular weight is 303 g/mol. The van der Waals surface area contributed by atoms with Crippen molar-refractivity contribution in [2.24, 2.45) is 0 Å². The van der Waals surface area contributed by atoms with Crippen LogP contribution in [0.2, 0.25) is 0 Å². The molecule has 0 saturated heterocycles. The number of aliphatic hydroxyl groups is 1. The highest BCUT2D eigenvalue weighted by atomic mass is 35.5. The fraction of sp³-hybridized carbons (Fsp3) is 0.692. The van der Waals surface area contributed by atoms with Crippen LogP contribution in [-0.4, -0.2) is 40.1 Å². The molecular formula is C13H19ClN2O2S. The molecule has 0 bridgehead atoms. The predicted molar refractivity (Wildman–Crippen MR) is 76.4 cm³/mol. The number of hydrogen-bond acceptors (Lipinski definition) is 4. The second kappa shape index (κ2) is 7.22. The van der Waals surface area contributed by atoms with Crippen LogP contribution in [0, 0.1) is 0 Å². The number of nitrogens with zero attached hydrogens (tertiary/aromatic N) is 2. The van der Waals surface area contributed by atoms with Gasteiger partial charge in [-0.15, -0.1) is 22.9 Å². The Labute approximate surface area is 122 Å². The lowest BCUT2D eigenvalue weighted by Crippen LogP contribution is -2.41. The summed E-state index contributed by atoms with van der Waals surface area (Å²) >= 11 is 7.18. The van der Waals surface area contributed by atoms with Gasteiger partial charge in [0.25, 0.3) is 0 Å². The molecule has 1 aliphatic carbocycles. The molecule has 1 N–H and O–H groups in total. The highest BCUT2D eigenvalue weighted by Crippen LogP contribution is 2.24. The van der Waals surface area contributed by atoms with Gasteiger partial charge in [-0.25, -0.2) is 4.98 Å². The first-order valence-electron chi connectivity index (χ1n) is 6.64. The van der Waals surface area contributed by atoms with Gasteiger partial charge >= 0.3 is 0 Å². The molecule has 1 fully saturated rings. The summed E-state index contributed by atoms with van der Waals surface area (Å²) in [6, 6.07) is 0.298. The smallest absolute Gasteiger partial charge is 0.229 e. The molecular weight excluding hydrogens is 284 g/mol. The van der Waals surface area contributed by atoms with Crippen LogP contribution in [0.25, 0.3) is 0 Å². The first-order valence-corrected chi connectivity index (χ1v) is 8.05. The molecule has 6 heteroatoms. The van der Waals surface area contributed by atoms with Crippen molar-refractivity contribution in [1.29, 1.82) is 0 Å². The van der Waals surface area contributed by atoms with Gasteiger partial charge in [-0.1, -0.05) is 12.8 Å². The number of carbonyl (C=O) groups excluding carboxylic acids is 1. The molecule has 19 heavy (non-hydrogen) atoms. The van der Waals surface area contributed by atoms with Crippen LogP contribution < -0.4 is 0 Å². The minimum atomic E-state index is 0.0209. The summed E-state index contributed by atoms with van der Waals surface area (Å²) in [5.74, 6) is 0.449. The Morgan fingerprint density at radius 3 is 2.84 bits per heavy atom. The maximum absolute atomic E-state index is 12.3. The lowest BCUT2D eigenvalue weighted by molar-refractivity contribution is -0.133. The van der Waals surface area contributed by atoms with Crippen molar-refractivity contribution in [2.75, 3.05) is 13.2 Å². The normalized spacial score (nSPS) is 15.9. The summed E-state index contributed by atoms with van der Waals surface area (Å²) < 4.78 is 0.